The number of amides is 1. The summed E-state index contributed by atoms with van der Waals surface area (Å²) in [6.45, 7) is 0. The maximum Gasteiger partial charge on any atom is 0.349 e. The molecule has 2 aromatic rings. The molecular formula is C16H14ClNO3S. The summed E-state index contributed by atoms with van der Waals surface area (Å²) in [5, 5.41) is 2.88. The van der Waals surface area contributed by atoms with Crippen LogP contribution in [0.25, 0.3) is 0 Å². The second-order valence-corrected chi connectivity index (χ2v) is 6.80. The number of halogens is 1. The highest BCUT2D eigenvalue weighted by atomic mass is 35.5. The summed E-state index contributed by atoms with van der Waals surface area (Å²) in [7, 11) is 0. The normalized spacial score (nSPS) is 15.1. The van der Waals surface area contributed by atoms with Gasteiger partial charge >= 0.3 is 5.97 Å². The van der Waals surface area contributed by atoms with E-state index in [4.69, 9.17) is 16.3 Å². The van der Waals surface area contributed by atoms with E-state index in [2.05, 4.69) is 5.32 Å². The van der Waals surface area contributed by atoms with Crippen molar-refractivity contribution >= 4 is 34.8 Å². The summed E-state index contributed by atoms with van der Waals surface area (Å²) < 4.78 is 5.93. The van der Waals surface area contributed by atoms with Gasteiger partial charge in [-0.25, -0.2) is 4.79 Å². The first-order valence-corrected chi connectivity index (χ1v) is 8.14. The zero-order valence-corrected chi connectivity index (χ0v) is 13.2. The third-order valence-corrected chi connectivity index (χ3v) is 4.47. The maximum atomic E-state index is 12.4. The van der Waals surface area contributed by atoms with Crippen molar-refractivity contribution in [3.8, 4) is 0 Å². The molecule has 0 bridgehead atoms. The van der Waals surface area contributed by atoms with Crippen molar-refractivity contribution < 1.29 is 14.3 Å². The second kappa shape index (κ2) is 6.50. The molecular weight excluding hydrogens is 322 g/mol. The Morgan fingerprint density at radius 3 is 2.50 bits per heavy atom. The van der Waals surface area contributed by atoms with E-state index in [1.54, 1.807) is 24.3 Å². The molecule has 22 heavy (non-hydrogen) atoms. The molecule has 1 N–H and O–H groups in total. The number of nitrogens with one attached hydrogen (secondary N) is 1. The lowest BCUT2D eigenvalue weighted by Crippen LogP contribution is -2.33. The van der Waals surface area contributed by atoms with Gasteiger partial charge < -0.3 is 10.1 Å². The predicted molar refractivity (Wildman–Crippen MR) is 85.1 cm³/mol. The van der Waals surface area contributed by atoms with Crippen LogP contribution in [0.15, 0.2) is 42.5 Å². The Bertz CT molecular complexity index is 682. The van der Waals surface area contributed by atoms with Crippen molar-refractivity contribution in [1.29, 1.82) is 0 Å². The molecule has 3 rings (SSSR count). The van der Waals surface area contributed by atoms with Gasteiger partial charge in [-0.3, -0.25) is 4.79 Å². The lowest BCUT2D eigenvalue weighted by molar-refractivity contribution is -0.130. The van der Waals surface area contributed by atoms with Crippen LogP contribution >= 0.6 is 22.9 Å². The molecule has 1 fully saturated rings. The van der Waals surface area contributed by atoms with E-state index in [1.807, 2.05) is 18.2 Å². The van der Waals surface area contributed by atoms with Crippen LogP contribution in [0.3, 0.4) is 0 Å². The Morgan fingerprint density at radius 2 is 1.91 bits per heavy atom. The van der Waals surface area contributed by atoms with Gasteiger partial charge in [-0.05, 0) is 25.0 Å². The SMILES string of the molecule is O=C(O[C@H](C(=O)NC1CC1)c1ccccc1)c1ccc(Cl)s1. The Kier molecular flexibility index (Phi) is 4.45. The van der Waals surface area contributed by atoms with Crippen LogP contribution in [-0.2, 0) is 9.53 Å². The third-order valence-electron chi connectivity index (χ3n) is 3.26. The molecule has 114 valence electrons. The number of thiophene rings is 1. The van der Waals surface area contributed by atoms with Crippen LogP contribution in [0.5, 0.6) is 0 Å². The third kappa shape index (κ3) is 3.67. The Labute approximate surface area is 137 Å². The van der Waals surface area contributed by atoms with Crippen molar-refractivity contribution in [2.45, 2.75) is 25.0 Å². The first kappa shape index (κ1) is 15.1. The lowest BCUT2D eigenvalue weighted by atomic mass is 10.1. The standard InChI is InChI=1S/C16H14ClNO3S/c17-13-9-8-12(22-13)16(20)21-14(10-4-2-1-3-5-10)15(19)18-11-6-7-11/h1-5,8-9,11,14H,6-7H2,(H,18,19)/t14-/m0/s1. The van der Waals surface area contributed by atoms with E-state index < -0.39 is 12.1 Å². The molecule has 1 saturated carbocycles. The fourth-order valence-corrected chi connectivity index (χ4v) is 2.92. The van der Waals surface area contributed by atoms with E-state index in [-0.39, 0.29) is 11.9 Å². The van der Waals surface area contributed by atoms with Crippen LogP contribution in [0.4, 0.5) is 0 Å². The van der Waals surface area contributed by atoms with Gasteiger partial charge in [0.15, 0.2) is 0 Å². The molecule has 0 aliphatic heterocycles. The average Bonchev–Trinajstić information content (AvgIpc) is 3.23. The van der Waals surface area contributed by atoms with Gasteiger partial charge in [-0.1, -0.05) is 41.9 Å². The number of hydrogen-bond acceptors (Lipinski definition) is 4. The van der Waals surface area contributed by atoms with Gasteiger partial charge in [0.05, 0.1) is 4.34 Å². The van der Waals surface area contributed by atoms with Crippen molar-refractivity contribution in [2.75, 3.05) is 0 Å². The van der Waals surface area contributed by atoms with Crippen molar-refractivity contribution in [3.05, 3.63) is 57.2 Å². The molecule has 0 saturated heterocycles. The molecule has 1 heterocycles. The summed E-state index contributed by atoms with van der Waals surface area (Å²) in [5.74, 6) is -0.832. The zero-order valence-electron chi connectivity index (χ0n) is 11.6. The van der Waals surface area contributed by atoms with E-state index >= 15 is 0 Å². The lowest BCUT2D eigenvalue weighted by Gasteiger charge is -2.17. The summed E-state index contributed by atoms with van der Waals surface area (Å²) >= 11 is 6.96. The largest absolute Gasteiger partial charge is 0.443 e. The Hall–Kier alpha value is -1.85. The number of hydrogen-bond donors (Lipinski definition) is 1. The van der Waals surface area contributed by atoms with E-state index in [0.717, 1.165) is 24.2 Å². The number of carbonyl (C=O) groups excluding carboxylic acids is 2. The summed E-state index contributed by atoms with van der Waals surface area (Å²) in [6, 6.07) is 12.4. The minimum absolute atomic E-state index is 0.202. The van der Waals surface area contributed by atoms with Crippen LogP contribution in [0, 0.1) is 0 Å². The van der Waals surface area contributed by atoms with Crippen molar-refractivity contribution in [1.82, 2.24) is 5.32 Å². The van der Waals surface area contributed by atoms with Crippen LogP contribution in [0.1, 0.15) is 34.2 Å². The first-order chi connectivity index (χ1) is 10.6. The van der Waals surface area contributed by atoms with Gasteiger partial charge in [-0.15, -0.1) is 11.3 Å². The van der Waals surface area contributed by atoms with Crippen LogP contribution < -0.4 is 5.32 Å². The molecule has 4 nitrogen and oxygen atoms in total. The predicted octanol–water partition coefficient (Wildman–Crippen LogP) is 3.58. The van der Waals surface area contributed by atoms with Gasteiger partial charge in [0.25, 0.3) is 5.91 Å². The molecule has 1 amide bonds. The fourth-order valence-electron chi connectivity index (χ4n) is 1.99. The molecule has 1 atom stereocenters. The van der Waals surface area contributed by atoms with Gasteiger partial charge in [0.1, 0.15) is 4.88 Å². The Morgan fingerprint density at radius 1 is 1.18 bits per heavy atom. The van der Waals surface area contributed by atoms with Crippen LogP contribution in [0.2, 0.25) is 4.34 Å². The number of ether oxygens (including phenoxy) is 1. The number of rotatable bonds is 5. The highest BCUT2D eigenvalue weighted by Gasteiger charge is 2.31. The smallest absolute Gasteiger partial charge is 0.349 e. The van der Waals surface area contributed by atoms with E-state index in [1.165, 1.54) is 0 Å². The minimum Gasteiger partial charge on any atom is -0.443 e. The molecule has 1 aromatic heterocycles. The number of benzene rings is 1. The number of carbonyl (C=O) groups is 2. The highest BCUT2D eigenvalue weighted by Crippen LogP contribution is 2.27. The molecule has 6 heteroatoms. The van der Waals surface area contributed by atoms with E-state index in [9.17, 15) is 9.59 Å². The van der Waals surface area contributed by atoms with Crippen LogP contribution in [-0.4, -0.2) is 17.9 Å². The second-order valence-electron chi connectivity index (χ2n) is 5.08. The summed E-state index contributed by atoms with van der Waals surface area (Å²) in [5.41, 5.74) is 0.650. The molecule has 0 radical (unpaired) electrons. The van der Waals surface area contributed by atoms with E-state index in [0.29, 0.717) is 14.8 Å². The fraction of sp³-hybridized carbons (Fsp3) is 0.250. The van der Waals surface area contributed by atoms with Gasteiger partial charge in [0.2, 0.25) is 6.10 Å². The quantitative estimate of drug-likeness (QED) is 0.850. The van der Waals surface area contributed by atoms with Crippen molar-refractivity contribution in [2.24, 2.45) is 0 Å². The molecule has 1 aliphatic carbocycles. The minimum atomic E-state index is -0.949. The Balaban J connectivity index is 1.78. The highest BCUT2D eigenvalue weighted by molar-refractivity contribution is 7.17. The van der Waals surface area contributed by atoms with Gasteiger partial charge in [0, 0.05) is 11.6 Å². The van der Waals surface area contributed by atoms with Gasteiger partial charge in [-0.2, -0.15) is 0 Å². The number of esters is 1. The molecule has 1 aromatic carbocycles. The molecule has 0 spiro atoms. The van der Waals surface area contributed by atoms with Crippen molar-refractivity contribution in [3.63, 3.8) is 0 Å². The maximum absolute atomic E-state index is 12.4. The molecule has 1 aliphatic rings. The molecule has 0 unspecified atom stereocenters. The zero-order chi connectivity index (χ0) is 15.5. The topological polar surface area (TPSA) is 55.4 Å². The monoisotopic (exact) mass is 335 g/mol. The first-order valence-electron chi connectivity index (χ1n) is 6.95. The summed E-state index contributed by atoms with van der Waals surface area (Å²) in [6.07, 6.45) is 0.999. The summed E-state index contributed by atoms with van der Waals surface area (Å²) in [4.78, 5) is 24.9. The average molecular weight is 336 g/mol.